The van der Waals surface area contributed by atoms with Crippen LogP contribution in [0.2, 0.25) is 0 Å². The molecule has 0 bridgehead atoms. The zero-order chi connectivity index (χ0) is 35.4. The number of alkyl carbamates (subject to hydrolysis) is 1. The Morgan fingerprint density at radius 2 is 1.92 bits per heavy atom. The van der Waals surface area contributed by atoms with Gasteiger partial charge in [-0.25, -0.2) is 9.78 Å². The highest BCUT2D eigenvalue weighted by Crippen LogP contribution is 2.45. The number of imidazole rings is 1. The lowest BCUT2D eigenvalue weighted by Crippen LogP contribution is -2.56. The van der Waals surface area contributed by atoms with Gasteiger partial charge >= 0.3 is 6.09 Å². The van der Waals surface area contributed by atoms with Crippen LogP contribution in [-0.4, -0.2) is 84.7 Å². The number of aryl methyl sites for hydroxylation is 2. The Morgan fingerprint density at radius 1 is 1.06 bits per heavy atom. The quantitative estimate of drug-likeness (QED) is 0.263. The molecule has 3 aromatic rings. The molecule has 1 aliphatic carbocycles. The summed E-state index contributed by atoms with van der Waals surface area (Å²) in [6.07, 6.45) is 4.01. The average molecular weight is 696 g/mol. The topological polar surface area (TPSA) is 142 Å². The summed E-state index contributed by atoms with van der Waals surface area (Å²) in [4.78, 5) is 41.5. The summed E-state index contributed by atoms with van der Waals surface area (Å²) < 4.78 is 16.6. The van der Waals surface area contributed by atoms with Crippen molar-refractivity contribution in [2.75, 3.05) is 33.9 Å². The highest BCUT2D eigenvalue weighted by atomic mass is 16.5. The van der Waals surface area contributed by atoms with Crippen LogP contribution in [0.15, 0.2) is 35.3 Å². The van der Waals surface area contributed by atoms with E-state index >= 15 is 0 Å². The third-order valence-electron chi connectivity index (χ3n) is 11.5. The number of nitrogens with zero attached hydrogens (tertiary/aromatic N) is 3. The molecule has 1 aromatic heterocycles. The van der Waals surface area contributed by atoms with Crippen LogP contribution in [-0.2, 0) is 33.7 Å². The van der Waals surface area contributed by atoms with Gasteiger partial charge in [-0.3, -0.25) is 9.79 Å². The van der Waals surface area contributed by atoms with Crippen LogP contribution in [0.25, 0.3) is 22.4 Å². The van der Waals surface area contributed by atoms with E-state index < -0.39 is 12.1 Å². The Kier molecular flexibility index (Phi) is 9.00. The monoisotopic (exact) mass is 695 g/mol. The minimum absolute atomic E-state index is 0.00333. The molecule has 270 valence electrons. The predicted octanol–water partition coefficient (Wildman–Crippen LogP) is 4.83. The lowest BCUT2D eigenvalue weighted by atomic mass is 9.86. The van der Waals surface area contributed by atoms with Crippen LogP contribution in [0.5, 0.6) is 5.75 Å². The zero-order valence-electron chi connectivity index (χ0n) is 30.2. The Labute approximate surface area is 299 Å². The standard InChI is InChI=1S/C39H49N7O5/c1-20(2)34(45-39(48)50-5)38(47)46-21(3)6-11-32(46)37-41-17-31(43-37)24-7-9-26-25(13-24)19-51-33-15-27-23(14-28(26)33)8-10-29-35(27)44-36(42-29)30-12-22(16-40-30)18-49-4/h7,9,13-15,20-22,30-32,34,40H,6,8,10-12,16-19H2,1-5H3,(H,41,43)(H,42,44)(H,45,48). The van der Waals surface area contributed by atoms with Crippen molar-refractivity contribution in [3.63, 3.8) is 0 Å². The number of aromatic nitrogens is 2. The van der Waals surface area contributed by atoms with Gasteiger partial charge in [-0.2, -0.15) is 0 Å². The highest BCUT2D eigenvalue weighted by Gasteiger charge is 2.43. The molecule has 4 N–H and O–H groups in total. The summed E-state index contributed by atoms with van der Waals surface area (Å²) in [6, 6.07) is 10.6. The fraction of sp³-hybridized carbons (Fsp3) is 0.538. The first-order chi connectivity index (χ1) is 24.7. The number of benzene rings is 2. The van der Waals surface area contributed by atoms with Crippen molar-refractivity contribution in [1.82, 2.24) is 30.8 Å². The maximum atomic E-state index is 13.8. The number of methoxy groups -OCH3 is 2. The Balaban J connectivity index is 0.981. The molecular formula is C39H49N7O5. The fourth-order valence-corrected chi connectivity index (χ4v) is 8.72. The van der Waals surface area contributed by atoms with Crippen molar-refractivity contribution in [2.45, 2.75) is 89.7 Å². The number of ether oxygens (including phenoxy) is 3. The fourth-order valence-electron chi connectivity index (χ4n) is 8.72. The summed E-state index contributed by atoms with van der Waals surface area (Å²) in [5.41, 5.74) is 9.37. The van der Waals surface area contributed by atoms with Crippen molar-refractivity contribution in [2.24, 2.45) is 16.8 Å². The molecule has 6 unspecified atom stereocenters. The van der Waals surface area contributed by atoms with E-state index in [-0.39, 0.29) is 36.0 Å². The van der Waals surface area contributed by atoms with E-state index in [1.165, 1.54) is 29.5 Å². The second-order valence-electron chi connectivity index (χ2n) is 15.1. The number of fused-ring (bicyclic) bond motifs is 6. The van der Waals surface area contributed by atoms with Crippen molar-refractivity contribution in [3.8, 4) is 28.1 Å². The lowest BCUT2D eigenvalue weighted by molar-refractivity contribution is -0.136. The number of carbonyl (C=O) groups is 2. The van der Waals surface area contributed by atoms with E-state index in [9.17, 15) is 9.59 Å². The van der Waals surface area contributed by atoms with Crippen LogP contribution in [0.1, 0.15) is 80.3 Å². The molecule has 0 radical (unpaired) electrons. The van der Waals surface area contributed by atoms with Gasteiger partial charge in [-0.05, 0) is 91.3 Å². The lowest BCUT2D eigenvalue weighted by Gasteiger charge is -2.34. The molecular weight excluding hydrogens is 646 g/mol. The second-order valence-corrected chi connectivity index (χ2v) is 15.1. The largest absolute Gasteiger partial charge is 0.488 e. The van der Waals surface area contributed by atoms with Crippen molar-refractivity contribution >= 4 is 17.8 Å². The van der Waals surface area contributed by atoms with Crippen molar-refractivity contribution in [1.29, 1.82) is 0 Å². The summed E-state index contributed by atoms with van der Waals surface area (Å²) in [7, 11) is 3.08. The van der Waals surface area contributed by atoms with E-state index in [0.29, 0.717) is 19.1 Å². The molecule has 5 aliphatic rings. The predicted molar refractivity (Wildman–Crippen MR) is 194 cm³/mol. The minimum Gasteiger partial charge on any atom is -0.488 e. The molecule has 2 saturated heterocycles. The third kappa shape index (κ3) is 6.16. The van der Waals surface area contributed by atoms with Gasteiger partial charge in [-0.15, -0.1) is 0 Å². The SMILES string of the molecule is COCC1CNC(c2nc3c([nH]2)CCc2cc4c(cc2-3)OCc2cc(C3CN=C(C5CCC(C)N5C(=O)C(NC(=O)OC)C(C)C)N3)ccc2-4)C1. The van der Waals surface area contributed by atoms with Crippen LogP contribution >= 0.6 is 0 Å². The van der Waals surface area contributed by atoms with Gasteiger partial charge in [0.2, 0.25) is 5.91 Å². The molecule has 4 aliphatic heterocycles. The van der Waals surface area contributed by atoms with Crippen LogP contribution in [0.3, 0.4) is 0 Å². The number of likely N-dealkylation sites (tertiary alicyclic amines) is 1. The molecule has 12 nitrogen and oxygen atoms in total. The Bertz CT molecular complexity index is 1870. The zero-order valence-corrected chi connectivity index (χ0v) is 30.2. The summed E-state index contributed by atoms with van der Waals surface area (Å²) in [5.74, 6) is 3.07. The van der Waals surface area contributed by atoms with E-state index in [2.05, 4.69) is 58.2 Å². The molecule has 8 rings (SSSR count). The van der Waals surface area contributed by atoms with E-state index in [4.69, 9.17) is 24.2 Å². The number of H-pyrrole nitrogens is 1. The number of rotatable bonds is 8. The van der Waals surface area contributed by atoms with Crippen LogP contribution < -0.4 is 20.7 Å². The average Bonchev–Trinajstić information content (AvgIpc) is 3.95. The number of carbonyl (C=O) groups excluding carboxylic acids is 2. The number of hydrogen-bond donors (Lipinski definition) is 4. The number of hydrogen-bond acceptors (Lipinski definition) is 9. The van der Waals surface area contributed by atoms with Gasteiger partial charge in [0.05, 0.1) is 44.1 Å². The van der Waals surface area contributed by atoms with E-state index in [1.54, 1.807) is 7.11 Å². The minimum atomic E-state index is -0.671. The molecule has 0 spiro atoms. The van der Waals surface area contributed by atoms with Gasteiger partial charge in [0.25, 0.3) is 0 Å². The molecule has 6 atom stereocenters. The smallest absolute Gasteiger partial charge is 0.407 e. The Hall–Kier alpha value is -4.42. The van der Waals surface area contributed by atoms with Crippen LogP contribution in [0.4, 0.5) is 4.79 Å². The molecule has 0 saturated carbocycles. The molecule has 2 fully saturated rings. The highest BCUT2D eigenvalue weighted by molar-refractivity contribution is 5.95. The van der Waals surface area contributed by atoms with Gasteiger partial charge in [0.1, 0.15) is 30.1 Å². The maximum Gasteiger partial charge on any atom is 0.407 e. The van der Waals surface area contributed by atoms with Crippen molar-refractivity contribution in [3.05, 3.63) is 58.5 Å². The molecule has 5 heterocycles. The van der Waals surface area contributed by atoms with Gasteiger partial charge in [-0.1, -0.05) is 26.0 Å². The van der Waals surface area contributed by atoms with Crippen molar-refractivity contribution < 1.29 is 23.8 Å². The molecule has 2 amide bonds. The maximum absolute atomic E-state index is 13.8. The molecule has 12 heteroatoms. The van der Waals surface area contributed by atoms with E-state index in [0.717, 1.165) is 85.0 Å². The van der Waals surface area contributed by atoms with Gasteiger partial charge in [0, 0.05) is 36.5 Å². The summed E-state index contributed by atoms with van der Waals surface area (Å²) in [6.45, 7) is 8.73. The van der Waals surface area contributed by atoms with Gasteiger partial charge in [0.15, 0.2) is 0 Å². The first-order valence-corrected chi connectivity index (χ1v) is 18.4. The summed E-state index contributed by atoms with van der Waals surface area (Å²) >= 11 is 0. The van der Waals surface area contributed by atoms with Crippen LogP contribution in [0, 0.1) is 11.8 Å². The normalized spacial score (nSPS) is 25.3. The number of nitrogens with one attached hydrogen (secondary N) is 4. The third-order valence-corrected chi connectivity index (χ3v) is 11.5. The number of amidine groups is 1. The number of aromatic amines is 1. The second kappa shape index (κ2) is 13.6. The summed E-state index contributed by atoms with van der Waals surface area (Å²) in [5, 5.41) is 10.0. The van der Waals surface area contributed by atoms with E-state index in [1.807, 2.05) is 18.7 Å². The molecule has 2 aromatic carbocycles. The first-order valence-electron chi connectivity index (χ1n) is 18.4. The number of aliphatic imine (C=N–C) groups is 1. The van der Waals surface area contributed by atoms with Gasteiger partial charge < -0.3 is 40.0 Å². The molecule has 51 heavy (non-hydrogen) atoms. The first kappa shape index (κ1) is 33.7. The number of amides is 2. The Morgan fingerprint density at radius 3 is 2.73 bits per heavy atom.